The van der Waals surface area contributed by atoms with Crippen LogP contribution in [0, 0.1) is 0 Å². The number of unbranched alkanes of at least 4 members (excludes halogenated alkanes) is 23. The van der Waals surface area contributed by atoms with Crippen molar-refractivity contribution in [3.63, 3.8) is 0 Å². The fraction of sp³-hybridized carbons (Fsp3) is 0.850. The molecule has 0 fully saturated rings. The fourth-order valence-electron chi connectivity index (χ4n) is 5.70. The lowest BCUT2D eigenvalue weighted by atomic mass is 10.0. The van der Waals surface area contributed by atoms with Crippen LogP contribution in [0.25, 0.3) is 0 Å². The predicted octanol–water partition coefficient (Wildman–Crippen LogP) is 12.0. The molecule has 0 aliphatic heterocycles. The third-order valence-corrected chi connectivity index (χ3v) is 9.21. The fourth-order valence-corrected chi connectivity index (χ4v) is 6.06. The zero-order valence-electron chi connectivity index (χ0n) is 31.6. The molecule has 0 spiro atoms. The first-order chi connectivity index (χ1) is 23.8. The van der Waals surface area contributed by atoms with Gasteiger partial charge >= 0.3 is 19.8 Å². The Morgan fingerprint density at radius 2 is 0.918 bits per heavy atom. The molecule has 0 aromatic carbocycles. The number of carbonyl (C=O) groups is 2. The second-order valence-electron chi connectivity index (χ2n) is 13.6. The molecule has 0 aliphatic rings. The molecular formula is C40H75O8P. The number of rotatable bonds is 37. The van der Waals surface area contributed by atoms with Crippen molar-refractivity contribution in [2.45, 2.75) is 206 Å². The zero-order chi connectivity index (χ0) is 36.1. The van der Waals surface area contributed by atoms with Gasteiger partial charge in [-0.2, -0.15) is 0 Å². The summed E-state index contributed by atoms with van der Waals surface area (Å²) in [7, 11) is -4.75. The van der Waals surface area contributed by atoms with Crippen LogP contribution >= 0.6 is 7.82 Å². The van der Waals surface area contributed by atoms with Crippen molar-refractivity contribution < 1.29 is 37.9 Å². The topological polar surface area (TPSA) is 119 Å². The van der Waals surface area contributed by atoms with Gasteiger partial charge in [0.15, 0.2) is 6.10 Å². The van der Waals surface area contributed by atoms with Crippen LogP contribution < -0.4 is 0 Å². The average molecular weight is 715 g/mol. The number of allylic oxidation sites excluding steroid dienone is 4. The van der Waals surface area contributed by atoms with Gasteiger partial charge in [0, 0.05) is 12.8 Å². The third kappa shape index (κ3) is 39.2. The molecule has 0 aliphatic carbocycles. The van der Waals surface area contributed by atoms with E-state index in [-0.39, 0.29) is 19.4 Å². The Labute approximate surface area is 300 Å². The van der Waals surface area contributed by atoms with Gasteiger partial charge in [-0.1, -0.05) is 167 Å². The smallest absolute Gasteiger partial charge is 0.462 e. The van der Waals surface area contributed by atoms with Crippen LogP contribution in [-0.4, -0.2) is 41.0 Å². The van der Waals surface area contributed by atoms with Crippen LogP contribution in [-0.2, 0) is 28.2 Å². The van der Waals surface area contributed by atoms with Gasteiger partial charge in [0.25, 0.3) is 0 Å². The Hall–Kier alpha value is -1.47. The largest absolute Gasteiger partial charge is 0.469 e. The number of phosphoric ester groups is 1. The van der Waals surface area contributed by atoms with Crippen LogP contribution in [0.3, 0.4) is 0 Å². The van der Waals surface area contributed by atoms with Gasteiger partial charge in [-0.25, -0.2) is 4.57 Å². The van der Waals surface area contributed by atoms with Crippen LogP contribution in [0.5, 0.6) is 0 Å². The maximum absolute atomic E-state index is 12.4. The van der Waals surface area contributed by atoms with E-state index >= 15 is 0 Å². The molecule has 1 atom stereocenters. The molecule has 0 amide bonds. The lowest BCUT2D eigenvalue weighted by Gasteiger charge is -2.18. The predicted molar refractivity (Wildman–Crippen MR) is 202 cm³/mol. The molecule has 0 saturated carbocycles. The summed E-state index contributed by atoms with van der Waals surface area (Å²) in [5.41, 5.74) is 0. The Kier molecular flexibility index (Phi) is 35.2. The highest BCUT2D eigenvalue weighted by Gasteiger charge is 2.22. The number of hydrogen-bond acceptors (Lipinski definition) is 6. The van der Waals surface area contributed by atoms with Crippen molar-refractivity contribution in [2.75, 3.05) is 13.2 Å². The van der Waals surface area contributed by atoms with E-state index in [1.54, 1.807) is 0 Å². The van der Waals surface area contributed by atoms with Crippen molar-refractivity contribution in [1.29, 1.82) is 0 Å². The summed E-state index contributed by atoms with van der Waals surface area (Å²) in [6, 6.07) is 0. The summed E-state index contributed by atoms with van der Waals surface area (Å²) in [5.74, 6) is -0.887. The molecule has 0 radical (unpaired) electrons. The molecule has 0 heterocycles. The van der Waals surface area contributed by atoms with E-state index in [9.17, 15) is 14.2 Å². The Bertz CT molecular complexity index is 853. The van der Waals surface area contributed by atoms with Crippen molar-refractivity contribution >= 4 is 19.8 Å². The second-order valence-corrected chi connectivity index (χ2v) is 14.9. The van der Waals surface area contributed by atoms with E-state index < -0.39 is 32.5 Å². The molecule has 288 valence electrons. The molecule has 9 heteroatoms. The minimum absolute atomic E-state index is 0.214. The Morgan fingerprint density at radius 1 is 0.531 bits per heavy atom. The highest BCUT2D eigenvalue weighted by Crippen LogP contribution is 2.36. The summed E-state index contributed by atoms with van der Waals surface area (Å²) in [5, 5.41) is 0. The average Bonchev–Trinajstić information content (AvgIpc) is 3.07. The first kappa shape index (κ1) is 47.5. The van der Waals surface area contributed by atoms with Gasteiger partial charge in [-0.3, -0.25) is 14.1 Å². The molecule has 0 unspecified atom stereocenters. The highest BCUT2D eigenvalue weighted by atomic mass is 31.2. The zero-order valence-corrected chi connectivity index (χ0v) is 32.5. The van der Waals surface area contributed by atoms with E-state index in [0.29, 0.717) is 6.42 Å². The van der Waals surface area contributed by atoms with Crippen molar-refractivity contribution in [3.8, 4) is 0 Å². The monoisotopic (exact) mass is 715 g/mol. The van der Waals surface area contributed by atoms with E-state index in [1.807, 2.05) is 0 Å². The van der Waals surface area contributed by atoms with Gasteiger partial charge in [0.05, 0.1) is 6.61 Å². The molecule has 2 N–H and O–H groups in total. The summed E-state index contributed by atoms with van der Waals surface area (Å²) in [6.45, 7) is 3.66. The van der Waals surface area contributed by atoms with Crippen LogP contribution in [0.2, 0.25) is 0 Å². The number of esters is 2. The maximum Gasteiger partial charge on any atom is 0.469 e. The van der Waals surface area contributed by atoms with Gasteiger partial charge in [-0.15, -0.1) is 0 Å². The van der Waals surface area contributed by atoms with E-state index in [1.165, 1.54) is 109 Å². The quantitative estimate of drug-likeness (QED) is 0.0282. The Balaban J connectivity index is 3.92. The normalized spacial score (nSPS) is 12.7. The molecule has 0 saturated heterocycles. The minimum Gasteiger partial charge on any atom is -0.462 e. The molecular weight excluding hydrogens is 639 g/mol. The van der Waals surface area contributed by atoms with Gasteiger partial charge in [0.1, 0.15) is 6.61 Å². The first-order valence-corrected chi connectivity index (χ1v) is 21.7. The van der Waals surface area contributed by atoms with Crippen LogP contribution in [0.4, 0.5) is 0 Å². The van der Waals surface area contributed by atoms with E-state index in [2.05, 4.69) is 42.7 Å². The summed E-state index contributed by atoms with van der Waals surface area (Å²) in [4.78, 5) is 42.8. The maximum atomic E-state index is 12.4. The molecule has 0 bridgehead atoms. The van der Waals surface area contributed by atoms with Crippen molar-refractivity contribution in [3.05, 3.63) is 24.3 Å². The molecule has 49 heavy (non-hydrogen) atoms. The number of ether oxygens (including phenoxy) is 2. The molecule has 8 nitrogen and oxygen atoms in total. The highest BCUT2D eigenvalue weighted by molar-refractivity contribution is 7.46. The minimum atomic E-state index is -4.75. The molecule has 0 rings (SSSR count). The molecule has 0 aromatic heterocycles. The van der Waals surface area contributed by atoms with Gasteiger partial charge in [0.2, 0.25) is 0 Å². The van der Waals surface area contributed by atoms with Gasteiger partial charge in [-0.05, 0) is 44.9 Å². The van der Waals surface area contributed by atoms with Crippen molar-refractivity contribution in [2.24, 2.45) is 0 Å². The SMILES string of the molecule is CCCCC/C=C\C/C=C\CCCCCCCCCC(=O)OC[C@H](COP(=O)(O)O)OC(=O)CCCCCCCCCCCCCCCC. The number of hydrogen-bond donors (Lipinski definition) is 2. The Morgan fingerprint density at radius 3 is 1.39 bits per heavy atom. The lowest BCUT2D eigenvalue weighted by Crippen LogP contribution is -2.29. The van der Waals surface area contributed by atoms with E-state index in [0.717, 1.165) is 57.8 Å². The molecule has 0 aromatic rings. The second kappa shape index (κ2) is 36.3. The van der Waals surface area contributed by atoms with Crippen LogP contribution in [0.1, 0.15) is 200 Å². The lowest BCUT2D eigenvalue weighted by molar-refractivity contribution is -0.161. The third-order valence-electron chi connectivity index (χ3n) is 8.72. The summed E-state index contributed by atoms with van der Waals surface area (Å²) in [6.07, 6.45) is 40.3. The van der Waals surface area contributed by atoms with Gasteiger partial charge < -0.3 is 19.3 Å². The number of carbonyl (C=O) groups excluding carboxylic acids is 2. The van der Waals surface area contributed by atoms with E-state index in [4.69, 9.17) is 19.3 Å². The van der Waals surface area contributed by atoms with Crippen LogP contribution in [0.15, 0.2) is 24.3 Å². The van der Waals surface area contributed by atoms with Crippen molar-refractivity contribution in [1.82, 2.24) is 0 Å². The standard InChI is InChI=1S/C40H75O8P/c1-3-5-7-9-11-13-15-17-19-20-21-23-24-26-28-30-32-34-39(41)46-36-38(37-47-49(43,44)45)48-40(42)35-33-31-29-27-25-22-18-16-14-12-10-8-6-4-2/h11,13,17,19,38H,3-10,12,14-16,18,20-37H2,1-2H3,(H2,43,44,45)/b13-11-,19-17-/t38-/m1/s1. The summed E-state index contributed by atoms with van der Waals surface area (Å²) >= 11 is 0. The first-order valence-electron chi connectivity index (χ1n) is 20.1. The summed E-state index contributed by atoms with van der Waals surface area (Å²) < 4.78 is 26.3. The number of phosphoric acid groups is 1.